The Kier molecular flexibility index (Phi) is 11.6. The molecule has 1 aromatic carbocycles. The van der Waals surface area contributed by atoms with Crippen LogP contribution in [0.4, 0.5) is 0 Å². The number of amides is 1. The molecule has 0 bridgehead atoms. The Hall–Kier alpha value is -1.19. The number of ether oxygens (including phenoxy) is 1. The Balaban J connectivity index is 0.00000576. The first-order valence-electron chi connectivity index (χ1n) is 8.05. The van der Waals surface area contributed by atoms with Crippen molar-refractivity contribution in [2.75, 3.05) is 46.4 Å². The number of nitrogens with one attached hydrogen (secondary N) is 2. The van der Waals surface area contributed by atoms with Gasteiger partial charge in [-0.1, -0.05) is 13.8 Å². The van der Waals surface area contributed by atoms with Crippen molar-refractivity contribution >= 4 is 28.3 Å². The minimum Gasteiger partial charge on any atom is -0.383 e. The molecule has 0 saturated heterocycles. The molecule has 7 nitrogen and oxygen atoms in total. The molecule has 9 heteroatoms. The molecular weight excluding hydrogens is 366 g/mol. The average Bonchev–Trinajstić information content (AvgIpc) is 2.58. The van der Waals surface area contributed by atoms with Crippen LogP contribution in [0.25, 0.3) is 0 Å². The summed E-state index contributed by atoms with van der Waals surface area (Å²) in [5, 5.41) is 5.90. The zero-order chi connectivity index (χ0) is 18.0. The van der Waals surface area contributed by atoms with Gasteiger partial charge in [0.1, 0.15) is 0 Å². The highest BCUT2D eigenvalue weighted by Gasteiger charge is 2.21. The third kappa shape index (κ3) is 7.29. The predicted molar refractivity (Wildman–Crippen MR) is 101 cm³/mol. The van der Waals surface area contributed by atoms with Gasteiger partial charge >= 0.3 is 0 Å². The van der Waals surface area contributed by atoms with Crippen LogP contribution in [-0.4, -0.2) is 65.1 Å². The van der Waals surface area contributed by atoms with Crippen LogP contribution in [0.2, 0.25) is 0 Å². The second-order valence-electron chi connectivity index (χ2n) is 5.11. The standard InChI is InChI=1S/C16H27N3O4S.ClH/c1-4-19(5-2)24(21,22)15-8-6-14(7-9-15)16(20)18-11-10-17-12-13-23-3;/h6-9,17H,4-5,10-13H2,1-3H3,(H,18,20);1H. The molecule has 0 unspecified atom stereocenters. The summed E-state index contributed by atoms with van der Waals surface area (Å²) in [6.07, 6.45) is 0. The molecule has 0 heterocycles. The molecule has 0 aliphatic carbocycles. The van der Waals surface area contributed by atoms with E-state index >= 15 is 0 Å². The van der Waals surface area contributed by atoms with Gasteiger partial charge in [-0.3, -0.25) is 4.79 Å². The largest absolute Gasteiger partial charge is 0.383 e. The maximum Gasteiger partial charge on any atom is 0.251 e. The molecule has 1 aromatic rings. The van der Waals surface area contributed by atoms with Crippen LogP contribution in [0.15, 0.2) is 29.2 Å². The van der Waals surface area contributed by atoms with Crippen LogP contribution < -0.4 is 10.6 Å². The van der Waals surface area contributed by atoms with Crippen LogP contribution in [0.3, 0.4) is 0 Å². The van der Waals surface area contributed by atoms with Crippen LogP contribution in [-0.2, 0) is 14.8 Å². The number of sulfonamides is 1. The summed E-state index contributed by atoms with van der Waals surface area (Å²) in [6.45, 7) is 6.90. The van der Waals surface area contributed by atoms with Crippen LogP contribution in [0.5, 0.6) is 0 Å². The quantitative estimate of drug-likeness (QED) is 0.550. The van der Waals surface area contributed by atoms with Crippen molar-refractivity contribution < 1.29 is 17.9 Å². The summed E-state index contributed by atoms with van der Waals surface area (Å²) in [6, 6.07) is 6.01. The number of hydrogen-bond acceptors (Lipinski definition) is 5. The number of carbonyl (C=O) groups is 1. The number of nitrogens with zero attached hydrogens (tertiary/aromatic N) is 1. The van der Waals surface area contributed by atoms with E-state index in [1.54, 1.807) is 21.0 Å². The van der Waals surface area contributed by atoms with E-state index in [1.165, 1.54) is 28.6 Å². The number of hydrogen-bond donors (Lipinski definition) is 2. The number of methoxy groups -OCH3 is 1. The van der Waals surface area contributed by atoms with E-state index in [0.29, 0.717) is 38.3 Å². The highest BCUT2D eigenvalue weighted by atomic mass is 35.5. The lowest BCUT2D eigenvalue weighted by molar-refractivity contribution is 0.0953. The molecule has 144 valence electrons. The number of benzene rings is 1. The third-order valence-corrected chi connectivity index (χ3v) is 5.59. The molecule has 0 saturated carbocycles. The van der Waals surface area contributed by atoms with Crippen LogP contribution in [0.1, 0.15) is 24.2 Å². The maximum absolute atomic E-state index is 12.4. The minimum atomic E-state index is -3.49. The van der Waals surface area contributed by atoms with E-state index in [9.17, 15) is 13.2 Å². The van der Waals surface area contributed by atoms with Gasteiger partial charge in [-0.05, 0) is 24.3 Å². The molecule has 0 atom stereocenters. The van der Waals surface area contributed by atoms with Crippen LogP contribution >= 0.6 is 12.4 Å². The molecule has 0 spiro atoms. The van der Waals surface area contributed by atoms with Gasteiger partial charge < -0.3 is 15.4 Å². The highest BCUT2D eigenvalue weighted by molar-refractivity contribution is 7.89. The lowest BCUT2D eigenvalue weighted by Gasteiger charge is -2.18. The van der Waals surface area contributed by atoms with Crippen LogP contribution in [0, 0.1) is 0 Å². The van der Waals surface area contributed by atoms with Gasteiger partial charge in [-0.2, -0.15) is 4.31 Å². The molecule has 2 N–H and O–H groups in total. The molecule has 0 aliphatic heterocycles. The Bertz CT molecular complexity index is 604. The maximum atomic E-state index is 12.4. The zero-order valence-electron chi connectivity index (χ0n) is 14.9. The Morgan fingerprint density at radius 1 is 1.08 bits per heavy atom. The topological polar surface area (TPSA) is 87.7 Å². The molecule has 1 rings (SSSR count). The number of halogens is 1. The minimum absolute atomic E-state index is 0. The first kappa shape index (κ1) is 23.8. The van der Waals surface area contributed by atoms with Gasteiger partial charge in [0.15, 0.2) is 0 Å². The summed E-state index contributed by atoms with van der Waals surface area (Å²) in [5.41, 5.74) is 0.436. The number of carbonyl (C=O) groups excluding carboxylic acids is 1. The average molecular weight is 394 g/mol. The third-order valence-electron chi connectivity index (χ3n) is 3.53. The lowest BCUT2D eigenvalue weighted by Crippen LogP contribution is -2.33. The van der Waals surface area contributed by atoms with Crippen molar-refractivity contribution in [3.63, 3.8) is 0 Å². The summed E-state index contributed by atoms with van der Waals surface area (Å²) in [5.74, 6) is -0.227. The Morgan fingerprint density at radius 2 is 1.68 bits per heavy atom. The van der Waals surface area contributed by atoms with Crippen molar-refractivity contribution in [2.24, 2.45) is 0 Å². The van der Waals surface area contributed by atoms with E-state index in [1.807, 2.05) is 0 Å². The molecule has 0 aromatic heterocycles. The van der Waals surface area contributed by atoms with Crippen molar-refractivity contribution in [1.29, 1.82) is 0 Å². The summed E-state index contributed by atoms with van der Waals surface area (Å²) < 4.78 is 31.1. The Morgan fingerprint density at radius 3 is 2.20 bits per heavy atom. The number of rotatable bonds is 11. The molecule has 1 amide bonds. The second-order valence-corrected chi connectivity index (χ2v) is 7.05. The zero-order valence-corrected chi connectivity index (χ0v) is 16.6. The molecule has 0 radical (unpaired) electrons. The molecule has 0 aliphatic rings. The van der Waals surface area contributed by atoms with E-state index in [0.717, 1.165) is 6.54 Å². The van der Waals surface area contributed by atoms with Gasteiger partial charge in [0.25, 0.3) is 5.91 Å². The first-order chi connectivity index (χ1) is 11.5. The van der Waals surface area contributed by atoms with Crippen molar-refractivity contribution in [3.8, 4) is 0 Å². The van der Waals surface area contributed by atoms with Crippen molar-refractivity contribution in [2.45, 2.75) is 18.7 Å². The fraction of sp³-hybridized carbons (Fsp3) is 0.562. The van der Waals surface area contributed by atoms with E-state index in [-0.39, 0.29) is 23.2 Å². The van der Waals surface area contributed by atoms with Gasteiger partial charge in [-0.15, -0.1) is 12.4 Å². The molecule has 0 fully saturated rings. The van der Waals surface area contributed by atoms with E-state index in [2.05, 4.69) is 10.6 Å². The summed E-state index contributed by atoms with van der Waals surface area (Å²) in [7, 11) is -1.86. The van der Waals surface area contributed by atoms with Gasteiger partial charge in [0.05, 0.1) is 11.5 Å². The second kappa shape index (κ2) is 12.2. The van der Waals surface area contributed by atoms with Gasteiger partial charge in [0.2, 0.25) is 10.0 Å². The highest BCUT2D eigenvalue weighted by Crippen LogP contribution is 2.16. The normalized spacial score (nSPS) is 11.2. The van der Waals surface area contributed by atoms with Crippen molar-refractivity contribution in [3.05, 3.63) is 29.8 Å². The monoisotopic (exact) mass is 393 g/mol. The Labute approximate surface area is 156 Å². The fourth-order valence-corrected chi connectivity index (χ4v) is 3.61. The van der Waals surface area contributed by atoms with E-state index in [4.69, 9.17) is 4.74 Å². The van der Waals surface area contributed by atoms with E-state index < -0.39 is 10.0 Å². The van der Waals surface area contributed by atoms with Gasteiger partial charge in [-0.25, -0.2) is 8.42 Å². The summed E-state index contributed by atoms with van der Waals surface area (Å²) >= 11 is 0. The SMILES string of the molecule is CCN(CC)S(=O)(=O)c1ccc(C(=O)NCCNCCOC)cc1.Cl. The molecule has 25 heavy (non-hydrogen) atoms. The van der Waals surface area contributed by atoms with Crippen molar-refractivity contribution in [1.82, 2.24) is 14.9 Å². The summed E-state index contributed by atoms with van der Waals surface area (Å²) in [4.78, 5) is 12.2. The first-order valence-corrected chi connectivity index (χ1v) is 9.49. The predicted octanol–water partition coefficient (Wildman–Crippen LogP) is 1.10. The smallest absolute Gasteiger partial charge is 0.251 e. The van der Waals surface area contributed by atoms with Gasteiger partial charge in [0, 0.05) is 45.4 Å². The fourth-order valence-electron chi connectivity index (χ4n) is 2.16. The molecular formula is C16H28ClN3O4S. The lowest BCUT2D eigenvalue weighted by atomic mass is 10.2.